The fourth-order valence-corrected chi connectivity index (χ4v) is 3.55. The van der Waals surface area contributed by atoms with Gasteiger partial charge in [0.25, 0.3) is 5.91 Å². The topological polar surface area (TPSA) is 113 Å². The zero-order valence-corrected chi connectivity index (χ0v) is 25.7. The first-order valence-corrected chi connectivity index (χ1v) is 14.6. The Morgan fingerprint density at radius 3 is 2.07 bits per heavy atom. The Bertz CT molecular complexity index is 1200. The molecule has 2 amide bonds. The lowest BCUT2D eigenvalue weighted by molar-refractivity contribution is -0.144. The highest BCUT2D eigenvalue weighted by molar-refractivity contribution is 6.66. The van der Waals surface area contributed by atoms with Gasteiger partial charge in [0.1, 0.15) is 5.71 Å². The van der Waals surface area contributed by atoms with Crippen LogP contribution in [0.25, 0.3) is 5.65 Å². The zero-order valence-electron chi connectivity index (χ0n) is 25.7. The highest BCUT2D eigenvalue weighted by Gasteiger charge is 2.30. The number of nitrogens with zero attached hydrogens (tertiary/aromatic N) is 5. The molecule has 0 spiro atoms. The number of carbonyl (C=O) groups excluding carboxylic acids is 2. The van der Waals surface area contributed by atoms with Gasteiger partial charge in [-0.3, -0.25) is 19.6 Å². The summed E-state index contributed by atoms with van der Waals surface area (Å²) in [5.41, 5.74) is 2.33. The minimum atomic E-state index is -4.37. The smallest absolute Gasteiger partial charge is 0.352 e. The van der Waals surface area contributed by atoms with E-state index in [0.717, 1.165) is 6.42 Å². The second kappa shape index (κ2) is 19.0. The molecule has 2 fully saturated rings. The average molecular weight is 618 g/mol. The maximum Gasteiger partial charge on any atom is 0.389 e. The zero-order chi connectivity index (χ0) is 32.5. The average Bonchev–Trinajstić information content (AvgIpc) is 3.81. The molecule has 2 heterocycles. The third-order valence-electron chi connectivity index (χ3n) is 6.04. The van der Waals surface area contributed by atoms with Crippen molar-refractivity contribution in [3.05, 3.63) is 29.7 Å². The molecule has 0 aliphatic heterocycles. The molecule has 2 aromatic heterocycles. The molecule has 0 atom stereocenters. The minimum Gasteiger partial charge on any atom is -0.352 e. The lowest BCUT2D eigenvalue weighted by Gasteiger charge is -2.20. The van der Waals surface area contributed by atoms with Crippen LogP contribution in [0.2, 0.25) is 0 Å². The van der Waals surface area contributed by atoms with Gasteiger partial charge in [-0.2, -0.15) is 18.3 Å². The molecule has 2 aliphatic carbocycles. The van der Waals surface area contributed by atoms with E-state index in [1.165, 1.54) is 37.0 Å². The quantitative estimate of drug-likeness (QED) is 0.269. The Morgan fingerprint density at radius 1 is 0.977 bits per heavy atom. The van der Waals surface area contributed by atoms with E-state index >= 15 is 0 Å². The lowest BCUT2D eigenvalue weighted by Crippen LogP contribution is -2.34. The monoisotopic (exact) mass is 617 g/mol. The molecular weight excluding hydrogens is 573 g/mol. The number of aromatic nitrogens is 3. The van der Waals surface area contributed by atoms with E-state index in [1.807, 2.05) is 13.8 Å². The number of amides is 2. The van der Waals surface area contributed by atoms with E-state index in [2.05, 4.69) is 30.7 Å². The maximum atomic E-state index is 12.2. The first-order valence-electron chi connectivity index (χ1n) is 14.6. The summed E-state index contributed by atoms with van der Waals surface area (Å²) in [6, 6.07) is 1.65. The molecule has 0 radical (unpaired) electrons. The van der Waals surface area contributed by atoms with Crippen LogP contribution in [0.1, 0.15) is 96.2 Å². The van der Waals surface area contributed by atoms with E-state index in [4.69, 9.17) is 0 Å². The number of halogens is 5. The van der Waals surface area contributed by atoms with E-state index in [-0.39, 0.29) is 37.6 Å². The SMILES string of the molecule is C1CC1.CC.CN=C(C)C(=NC)C(=O)NCc1cn2ncc(CNC(=O)CCC(F)(F)F)cc2n1.FC1(F)CCCCC1. The molecule has 2 N–H and O–H groups in total. The van der Waals surface area contributed by atoms with Crippen molar-refractivity contribution in [1.29, 1.82) is 0 Å². The number of aliphatic imine (C=N–C) groups is 2. The highest BCUT2D eigenvalue weighted by Crippen LogP contribution is 2.32. The molecule has 0 unspecified atom stereocenters. The first kappa shape index (κ1) is 37.6. The first-order chi connectivity index (χ1) is 20.3. The van der Waals surface area contributed by atoms with Gasteiger partial charge in [-0.1, -0.05) is 39.5 Å². The predicted octanol–water partition coefficient (Wildman–Crippen LogP) is 6.25. The van der Waals surface area contributed by atoms with Gasteiger partial charge in [0.05, 0.1) is 36.8 Å². The van der Waals surface area contributed by atoms with Gasteiger partial charge in [0.15, 0.2) is 5.65 Å². The number of alkyl halides is 5. The van der Waals surface area contributed by atoms with E-state index in [9.17, 15) is 31.5 Å². The molecule has 2 aliphatic rings. The molecule has 0 bridgehead atoms. The van der Waals surface area contributed by atoms with E-state index in [0.29, 0.717) is 35.5 Å². The van der Waals surface area contributed by atoms with E-state index in [1.54, 1.807) is 26.2 Å². The van der Waals surface area contributed by atoms with Gasteiger partial charge in [0, 0.05) is 39.9 Å². The van der Waals surface area contributed by atoms with Crippen molar-refractivity contribution in [3.63, 3.8) is 0 Å². The summed E-state index contributed by atoms with van der Waals surface area (Å²) in [7, 11) is 3.07. The summed E-state index contributed by atoms with van der Waals surface area (Å²) in [5, 5.41) is 9.28. The van der Waals surface area contributed by atoms with Gasteiger partial charge >= 0.3 is 6.18 Å². The van der Waals surface area contributed by atoms with Crippen molar-refractivity contribution in [2.75, 3.05) is 14.1 Å². The predicted molar refractivity (Wildman–Crippen MR) is 158 cm³/mol. The largest absolute Gasteiger partial charge is 0.389 e. The van der Waals surface area contributed by atoms with Crippen molar-refractivity contribution < 1.29 is 31.5 Å². The molecule has 9 nitrogen and oxygen atoms in total. The molecule has 242 valence electrons. The van der Waals surface area contributed by atoms with Crippen LogP contribution in [0.15, 0.2) is 28.4 Å². The Labute approximate surface area is 249 Å². The fraction of sp³-hybridized carbons (Fsp3) is 0.655. The third kappa shape index (κ3) is 16.1. The maximum absolute atomic E-state index is 12.2. The van der Waals surface area contributed by atoms with Gasteiger partial charge in [-0.15, -0.1) is 0 Å². The summed E-state index contributed by atoms with van der Waals surface area (Å²) >= 11 is 0. The molecule has 4 rings (SSSR count). The Morgan fingerprint density at radius 2 is 1.58 bits per heavy atom. The molecule has 43 heavy (non-hydrogen) atoms. The van der Waals surface area contributed by atoms with Crippen molar-refractivity contribution in [3.8, 4) is 0 Å². The van der Waals surface area contributed by atoms with Crippen LogP contribution in [-0.2, 0) is 22.7 Å². The Balaban J connectivity index is 0.000000583. The van der Waals surface area contributed by atoms with Gasteiger partial charge in [0.2, 0.25) is 11.8 Å². The van der Waals surface area contributed by atoms with Crippen molar-refractivity contribution >= 4 is 28.9 Å². The van der Waals surface area contributed by atoms with Gasteiger partial charge in [-0.25, -0.2) is 18.3 Å². The van der Waals surface area contributed by atoms with Crippen molar-refractivity contribution in [2.24, 2.45) is 9.98 Å². The second-order valence-electron chi connectivity index (χ2n) is 9.83. The van der Waals surface area contributed by atoms with Gasteiger partial charge < -0.3 is 10.6 Å². The van der Waals surface area contributed by atoms with Crippen LogP contribution in [0.5, 0.6) is 0 Å². The van der Waals surface area contributed by atoms with Crippen molar-refractivity contribution in [1.82, 2.24) is 25.2 Å². The number of imidazole rings is 1. The minimum absolute atomic E-state index is 0.0328. The highest BCUT2D eigenvalue weighted by atomic mass is 19.4. The molecule has 2 aromatic rings. The third-order valence-corrected chi connectivity index (χ3v) is 6.04. The molecule has 0 aromatic carbocycles. The van der Waals surface area contributed by atoms with E-state index < -0.39 is 30.8 Å². The lowest BCUT2D eigenvalue weighted by atomic mass is 9.97. The molecular formula is C29H44F5N7O2. The molecule has 14 heteroatoms. The summed E-state index contributed by atoms with van der Waals surface area (Å²) in [6.07, 6.45) is 4.10. The van der Waals surface area contributed by atoms with Crippen LogP contribution in [-0.4, -0.2) is 64.0 Å². The molecule has 2 saturated carbocycles. The number of hydrogen-bond acceptors (Lipinski definition) is 6. The number of fused-ring (bicyclic) bond motifs is 1. The standard InChI is InChI=1S/C18H22F3N7O2.C6H10F2.C3H6.C2H6/c1-11(22-2)16(23-3)17(30)25-9-13-10-28-14(27-13)6-12(8-26-28)7-24-15(29)4-5-18(19,20)21;7-6(8)4-2-1-3-5-6;1-2-3-1;1-2/h6,8,10H,4-5,7,9H2,1-3H3,(H,24,29)(H,25,30);1-5H2;1-3H2;1-2H3. The van der Waals surface area contributed by atoms with Crippen LogP contribution < -0.4 is 10.6 Å². The van der Waals surface area contributed by atoms with Crippen LogP contribution in [0.4, 0.5) is 22.0 Å². The summed E-state index contributed by atoms with van der Waals surface area (Å²) in [4.78, 5) is 35.9. The van der Waals surface area contributed by atoms with Crippen LogP contribution >= 0.6 is 0 Å². The van der Waals surface area contributed by atoms with Gasteiger partial charge in [-0.05, 0) is 31.4 Å². The number of rotatable bonds is 8. The fourth-order valence-electron chi connectivity index (χ4n) is 3.55. The van der Waals surface area contributed by atoms with Crippen LogP contribution in [0.3, 0.4) is 0 Å². The summed E-state index contributed by atoms with van der Waals surface area (Å²) in [6.45, 7) is 5.85. The molecule has 0 saturated heterocycles. The number of carbonyl (C=O) groups is 2. The number of hydrogen-bond donors (Lipinski definition) is 2. The normalized spacial score (nSPS) is 16.0. The van der Waals surface area contributed by atoms with Crippen LogP contribution in [0, 0.1) is 0 Å². The summed E-state index contributed by atoms with van der Waals surface area (Å²) in [5.74, 6) is -3.40. The Hall–Kier alpha value is -3.45. The Kier molecular flexibility index (Phi) is 16.6. The summed E-state index contributed by atoms with van der Waals surface area (Å²) < 4.78 is 62.4. The van der Waals surface area contributed by atoms with Crippen molar-refractivity contribution in [2.45, 2.75) is 110 Å². The number of nitrogens with one attached hydrogen (secondary N) is 2. The second-order valence-corrected chi connectivity index (χ2v) is 9.83.